The van der Waals surface area contributed by atoms with Crippen molar-refractivity contribution in [2.45, 2.75) is 61.4 Å². The van der Waals surface area contributed by atoms with E-state index in [2.05, 4.69) is 0 Å². The van der Waals surface area contributed by atoms with Crippen LogP contribution < -0.4 is 4.74 Å². The smallest absolute Gasteiger partial charge is 0.344 e. The zero-order chi connectivity index (χ0) is 97.2. The van der Waals surface area contributed by atoms with Gasteiger partial charge >= 0.3 is 59.7 Å². The van der Waals surface area contributed by atoms with E-state index in [1.54, 1.807) is 0 Å². The van der Waals surface area contributed by atoms with Crippen molar-refractivity contribution >= 4 is 59.7 Å². The van der Waals surface area contributed by atoms with Crippen molar-refractivity contribution in [1.29, 1.82) is 0 Å². The molecule has 10 aromatic rings. The summed E-state index contributed by atoms with van der Waals surface area (Å²) in [5.41, 5.74) is -23.2. The second kappa shape index (κ2) is 31.7. The monoisotopic (exact) mass is 1870 g/mol. The highest BCUT2D eigenvalue weighted by Gasteiger charge is 2.59. The average Bonchev–Trinajstić information content (AvgIpc) is 1.19. The lowest BCUT2D eigenvalue weighted by Crippen LogP contribution is -2.63. The lowest BCUT2D eigenvalue weighted by atomic mass is 9.91. The molecule has 52 heteroatoms. The molecule has 134 heavy (non-hydrogen) atoms. The third kappa shape index (κ3) is 13.9. The Morgan fingerprint density at radius 3 is 0.739 bits per heavy atom. The normalized spacial score (nSPS) is 20.1. The molecule has 6 heterocycles. The first-order valence-electron chi connectivity index (χ1n) is 37.2. The number of esters is 10. The number of phenols is 29. The van der Waals surface area contributed by atoms with Crippen LogP contribution in [0.25, 0.3) is 44.5 Å². The fourth-order valence-corrected chi connectivity index (χ4v) is 15.2. The first kappa shape index (κ1) is 88.3. The largest absolute Gasteiger partial charge is 0.504 e. The van der Waals surface area contributed by atoms with Gasteiger partial charge < -0.3 is 210 Å². The summed E-state index contributed by atoms with van der Waals surface area (Å²) in [5.74, 6) is -68.5. The average molecular weight is 1870 g/mol. The predicted octanol–water partition coefficient (Wildman–Crippen LogP) is 3.69. The Morgan fingerprint density at radius 2 is 0.463 bits per heavy atom. The maximum Gasteiger partial charge on any atom is 0.344 e. The van der Waals surface area contributed by atoms with Crippen LogP contribution in [0.4, 0.5) is 0 Å². The van der Waals surface area contributed by atoms with Gasteiger partial charge in [-0.3, -0.25) is 0 Å². The number of cyclic esters (lactones) is 2. The number of hydrogen-bond acceptors (Lipinski definition) is 52. The Labute approximate surface area is 734 Å². The molecule has 694 valence electrons. The van der Waals surface area contributed by atoms with E-state index >= 15 is 38.4 Å². The van der Waals surface area contributed by atoms with Crippen LogP contribution in [0.1, 0.15) is 104 Å². The van der Waals surface area contributed by atoms with Crippen LogP contribution in [-0.2, 0) is 56.8 Å². The van der Waals surface area contributed by atoms with E-state index in [0.717, 1.165) is 0 Å². The molecular formula is C82H54O52. The molecule has 0 spiro atoms. The Kier molecular flexibility index (Phi) is 20.9. The quantitative estimate of drug-likeness (QED) is 0.0641. The highest BCUT2D eigenvalue weighted by Crippen LogP contribution is 2.61. The van der Waals surface area contributed by atoms with Crippen LogP contribution in [0.15, 0.2) is 66.7 Å². The first-order valence-corrected chi connectivity index (χ1v) is 37.2. The van der Waals surface area contributed by atoms with Gasteiger partial charge in [-0.2, -0.15) is 0 Å². The van der Waals surface area contributed by atoms with Crippen LogP contribution >= 0.6 is 0 Å². The van der Waals surface area contributed by atoms with Crippen LogP contribution in [0.5, 0.6) is 178 Å². The molecule has 0 amide bonds. The van der Waals surface area contributed by atoms with E-state index in [9.17, 15) is 158 Å². The maximum atomic E-state index is 15.4. The number of benzene rings is 10. The molecule has 0 radical (unpaired) electrons. The topological polar surface area (TPSA) is 877 Å². The maximum absolute atomic E-state index is 15.4. The van der Waals surface area contributed by atoms with Crippen molar-refractivity contribution < 1.29 is 258 Å². The molecule has 0 aliphatic carbocycles. The predicted molar refractivity (Wildman–Crippen MR) is 413 cm³/mol. The van der Waals surface area contributed by atoms with Crippen molar-refractivity contribution in [3.63, 3.8) is 0 Å². The van der Waals surface area contributed by atoms with Gasteiger partial charge in [-0.25, -0.2) is 47.9 Å². The third-order valence-electron chi connectivity index (χ3n) is 21.6. The molecular weight excluding hydrogens is 1820 g/mol. The molecule has 0 saturated carbocycles. The zero-order valence-corrected chi connectivity index (χ0v) is 65.4. The van der Waals surface area contributed by atoms with Crippen molar-refractivity contribution in [3.05, 3.63) is 122 Å². The molecule has 16 rings (SSSR count). The molecule has 0 aromatic heterocycles. The van der Waals surface area contributed by atoms with E-state index in [4.69, 9.17) is 61.6 Å². The zero-order valence-electron chi connectivity index (χ0n) is 65.4. The van der Waals surface area contributed by atoms with Crippen LogP contribution in [0, 0.1) is 0 Å². The Hall–Kier alpha value is -19.2. The summed E-state index contributed by atoms with van der Waals surface area (Å²) in [5, 5.41) is 322. The summed E-state index contributed by atoms with van der Waals surface area (Å²) in [6, 6.07) is 2.87. The van der Waals surface area contributed by atoms with E-state index in [1.807, 2.05) is 0 Å². The van der Waals surface area contributed by atoms with E-state index in [-0.39, 0.29) is 54.6 Å². The minimum absolute atomic E-state index is 0.111. The van der Waals surface area contributed by atoms with Gasteiger partial charge in [0.25, 0.3) is 0 Å². The molecule has 29 N–H and O–H groups in total. The molecule has 10 aromatic carbocycles. The van der Waals surface area contributed by atoms with Gasteiger partial charge in [0, 0.05) is 50.6 Å². The van der Waals surface area contributed by atoms with Gasteiger partial charge in [0.05, 0.1) is 50.1 Å². The molecule has 6 aliphatic rings. The SMILES string of the molecule is O=C(O[C@H]1O[C@@H]2COC(=O)c3cc(O)c(O)c(O)c3-c3c(cc(O)c(O)c3O)C(=O)O[C@H]2[C@@H]2OC(=O)c3cc(O)c(O)c(O)c3-c3c(cc(O)c(O)c3O)C(=O)O[C@@H]12)c1cc(O)c(O)c(Oc2c(C(=O)O[C@@H]3O[C@@H]4COC(=O)c5cc(O)c(O)c(O)c5-c5c(cc(O)c(O)c5O)C(=O)O[C@@H]4[C@@H]4OC(=O)c5cc(O)c(O)c(O)c5-c5c(cc(O)c(O)c5O)C(=O)O[C@@H]34)cc(O)c(O)c2O)c1. The Morgan fingerprint density at radius 1 is 0.239 bits per heavy atom. The number of hydrogen-bond donors (Lipinski definition) is 29. The first-order chi connectivity index (χ1) is 63.1. The van der Waals surface area contributed by atoms with Crippen LogP contribution in [0.2, 0.25) is 0 Å². The molecule has 2 saturated heterocycles. The van der Waals surface area contributed by atoms with Crippen molar-refractivity contribution in [2.75, 3.05) is 13.2 Å². The van der Waals surface area contributed by atoms with Crippen molar-refractivity contribution in [1.82, 2.24) is 0 Å². The number of ether oxygens (including phenoxy) is 13. The van der Waals surface area contributed by atoms with Gasteiger partial charge in [0.15, 0.2) is 139 Å². The summed E-state index contributed by atoms with van der Waals surface area (Å²) in [4.78, 5) is 150. The van der Waals surface area contributed by atoms with E-state index < -0.39 is 413 Å². The van der Waals surface area contributed by atoms with Gasteiger partial charge in [-0.15, -0.1) is 0 Å². The minimum Gasteiger partial charge on any atom is -0.504 e. The minimum atomic E-state index is -3.08. The summed E-state index contributed by atoms with van der Waals surface area (Å²) < 4.78 is 74.7. The second-order valence-electron chi connectivity index (χ2n) is 29.4. The molecule has 0 bridgehead atoms. The van der Waals surface area contributed by atoms with E-state index in [0.29, 0.717) is 12.1 Å². The number of aromatic hydroxyl groups is 29. The standard InChI is InChI=1S/C82H54O52/c83-24-1-14(71(112)133-81-69-67(129-76(117)19-7-29(88)50(98)59(107)41(19)43-21(78(119)131-69)9-31(90)52(100)61(43)109)65-35(125-81)12-122-72(113)15-3-25(84)46(94)55(103)37(15)39-17(74(115)127-65)5-27(86)48(96)57(39)105)2-34(45(24)93)124-64-23(11-33(92)54(102)63(64)111)80(121)134-82-70-68(130-77(118)20-8-30(89)51(99)60(108)42(20)44-22(79(120)132-70)10-32(91)53(101)62(44)110)66-36(126-82)13-123-73(114)16-4-26(85)47(95)56(104)38(16)40-18(75(116)128-66)6-28(87)49(97)58(40)106/h1-11,35-36,65-70,81-111H,12-13H2/t35-,36-,65-,66+,67+,68+,69-,70-,81-,82+/m1/s1. The number of fused-ring (bicyclic) bond motifs is 18. The summed E-state index contributed by atoms with van der Waals surface area (Å²) in [6.07, 6.45) is -28.4. The third-order valence-corrected chi connectivity index (χ3v) is 21.6. The molecule has 0 unspecified atom stereocenters. The lowest BCUT2D eigenvalue weighted by molar-refractivity contribution is -0.283. The lowest BCUT2D eigenvalue weighted by Gasteiger charge is -2.44. The second-order valence-corrected chi connectivity index (χ2v) is 29.4. The molecule has 10 atom stereocenters. The van der Waals surface area contributed by atoms with Crippen LogP contribution in [-0.4, -0.2) is 282 Å². The number of rotatable bonds is 6. The summed E-state index contributed by atoms with van der Waals surface area (Å²) in [6.45, 7) is -3.12. The van der Waals surface area contributed by atoms with Gasteiger partial charge in [-0.05, 0) is 60.7 Å². The molecule has 52 nitrogen and oxygen atoms in total. The summed E-state index contributed by atoms with van der Waals surface area (Å²) in [7, 11) is 0. The van der Waals surface area contributed by atoms with Gasteiger partial charge in [0.1, 0.15) is 31.0 Å². The van der Waals surface area contributed by atoms with Gasteiger partial charge in [-0.1, -0.05) is 0 Å². The number of phenolic OH excluding ortho intramolecular Hbond substituents is 29. The van der Waals surface area contributed by atoms with Crippen LogP contribution in [0.3, 0.4) is 0 Å². The number of carbonyl (C=O) groups is 10. The van der Waals surface area contributed by atoms with Crippen molar-refractivity contribution in [3.8, 4) is 223 Å². The van der Waals surface area contributed by atoms with Gasteiger partial charge in [0.2, 0.25) is 88.0 Å². The fourth-order valence-electron chi connectivity index (χ4n) is 15.2. The molecule has 6 aliphatic heterocycles. The van der Waals surface area contributed by atoms with Crippen molar-refractivity contribution in [2.24, 2.45) is 0 Å². The molecule has 2 fully saturated rings. The highest BCUT2D eigenvalue weighted by atomic mass is 16.8. The number of carbonyl (C=O) groups excluding carboxylic acids is 10. The highest BCUT2D eigenvalue weighted by molar-refractivity contribution is 6.13. The summed E-state index contributed by atoms with van der Waals surface area (Å²) >= 11 is 0. The van der Waals surface area contributed by atoms with E-state index in [1.165, 1.54) is 0 Å². The fraction of sp³-hybridized carbons (Fsp3) is 0.146. The Bertz CT molecular complexity index is 6980. The Balaban J connectivity index is 0.804.